The molecule has 2 aromatic rings. The predicted molar refractivity (Wildman–Crippen MR) is 107 cm³/mol. The normalized spacial score (nSPS) is 11.6. The van der Waals surface area contributed by atoms with Crippen LogP contribution >= 0.6 is 0 Å². The summed E-state index contributed by atoms with van der Waals surface area (Å²) in [6.45, 7) is 4.27. The Kier molecular flexibility index (Phi) is 7.41. The van der Waals surface area contributed by atoms with Crippen molar-refractivity contribution in [2.75, 3.05) is 14.2 Å². The van der Waals surface area contributed by atoms with Crippen LogP contribution < -0.4 is 10.1 Å². The Morgan fingerprint density at radius 3 is 2.44 bits per heavy atom. The highest BCUT2D eigenvalue weighted by molar-refractivity contribution is 5.88. The number of benzene rings is 2. The third kappa shape index (κ3) is 5.58. The highest BCUT2D eigenvalue weighted by atomic mass is 16.5. The predicted octanol–water partition coefficient (Wildman–Crippen LogP) is 3.10. The second-order valence-corrected chi connectivity index (χ2v) is 6.58. The third-order valence-corrected chi connectivity index (χ3v) is 4.56. The summed E-state index contributed by atoms with van der Waals surface area (Å²) in [6, 6.07) is 14.9. The Labute approximate surface area is 161 Å². The molecular formula is C22H28N2O3. The summed E-state index contributed by atoms with van der Waals surface area (Å²) in [5.74, 6) is 0.503. The Bertz CT molecular complexity index is 789. The van der Waals surface area contributed by atoms with E-state index < -0.39 is 6.04 Å². The molecule has 1 N–H and O–H groups in total. The van der Waals surface area contributed by atoms with Crippen LogP contribution in [-0.2, 0) is 22.6 Å². The first-order chi connectivity index (χ1) is 13.0. The van der Waals surface area contributed by atoms with E-state index in [9.17, 15) is 9.59 Å². The minimum absolute atomic E-state index is 0.0705. The van der Waals surface area contributed by atoms with Crippen LogP contribution in [0.2, 0.25) is 0 Å². The van der Waals surface area contributed by atoms with Gasteiger partial charge >= 0.3 is 0 Å². The molecule has 0 aliphatic carbocycles. The SMILES string of the molecule is CC[C@H](C(=O)NC)N(Cc1cccc(OC)c1)C(=O)Cc1cccc(C)c1. The number of nitrogens with zero attached hydrogens (tertiary/aromatic N) is 1. The topological polar surface area (TPSA) is 58.6 Å². The number of rotatable bonds is 8. The molecule has 0 radical (unpaired) electrons. The average molecular weight is 368 g/mol. The zero-order chi connectivity index (χ0) is 19.8. The van der Waals surface area contributed by atoms with Gasteiger partial charge in [-0.15, -0.1) is 0 Å². The fraction of sp³-hybridized carbons (Fsp3) is 0.364. The Hall–Kier alpha value is -2.82. The van der Waals surface area contributed by atoms with Crippen LogP contribution in [0, 0.1) is 6.92 Å². The first-order valence-corrected chi connectivity index (χ1v) is 9.18. The second kappa shape index (κ2) is 9.76. The monoisotopic (exact) mass is 368 g/mol. The summed E-state index contributed by atoms with van der Waals surface area (Å²) in [4.78, 5) is 27.2. The van der Waals surface area contributed by atoms with Gasteiger partial charge < -0.3 is 15.0 Å². The molecule has 1 atom stereocenters. The van der Waals surface area contributed by atoms with Crippen molar-refractivity contribution >= 4 is 11.8 Å². The Morgan fingerprint density at radius 2 is 1.81 bits per heavy atom. The van der Waals surface area contributed by atoms with Crippen LogP contribution in [0.3, 0.4) is 0 Å². The van der Waals surface area contributed by atoms with Crippen LogP contribution in [0.15, 0.2) is 48.5 Å². The summed E-state index contributed by atoms with van der Waals surface area (Å²) < 4.78 is 5.28. The molecule has 2 rings (SSSR count). The molecule has 0 aliphatic rings. The quantitative estimate of drug-likeness (QED) is 0.779. The maximum atomic E-state index is 13.1. The van der Waals surface area contributed by atoms with E-state index >= 15 is 0 Å². The van der Waals surface area contributed by atoms with Gasteiger partial charge in [0, 0.05) is 13.6 Å². The standard InChI is InChI=1S/C22H28N2O3/c1-5-20(22(26)23-3)24(15-18-10-7-11-19(13-18)27-4)21(25)14-17-9-6-8-16(2)12-17/h6-13,20H,5,14-15H2,1-4H3,(H,23,26)/t20-/m1/s1. The fourth-order valence-corrected chi connectivity index (χ4v) is 3.15. The molecule has 0 fully saturated rings. The van der Waals surface area contributed by atoms with Crippen molar-refractivity contribution in [3.63, 3.8) is 0 Å². The van der Waals surface area contributed by atoms with Gasteiger partial charge in [-0.05, 0) is 36.6 Å². The second-order valence-electron chi connectivity index (χ2n) is 6.58. The zero-order valence-corrected chi connectivity index (χ0v) is 16.5. The number of amides is 2. The van der Waals surface area contributed by atoms with Gasteiger partial charge in [-0.2, -0.15) is 0 Å². The molecule has 0 aromatic heterocycles. The molecule has 144 valence electrons. The van der Waals surface area contributed by atoms with Gasteiger partial charge in [0.1, 0.15) is 11.8 Å². The molecule has 0 saturated heterocycles. The zero-order valence-electron chi connectivity index (χ0n) is 16.5. The molecule has 5 heteroatoms. The fourth-order valence-electron chi connectivity index (χ4n) is 3.15. The number of hydrogen-bond acceptors (Lipinski definition) is 3. The molecule has 0 spiro atoms. The summed E-state index contributed by atoms with van der Waals surface area (Å²) in [5, 5.41) is 2.68. The van der Waals surface area contributed by atoms with E-state index in [2.05, 4.69) is 5.32 Å². The van der Waals surface area contributed by atoms with Crippen LogP contribution in [-0.4, -0.2) is 36.9 Å². The van der Waals surface area contributed by atoms with Crippen LogP contribution in [0.4, 0.5) is 0 Å². The summed E-state index contributed by atoms with van der Waals surface area (Å²) in [7, 11) is 3.21. The van der Waals surface area contributed by atoms with E-state index in [1.807, 2.05) is 62.4 Å². The number of carbonyl (C=O) groups is 2. The van der Waals surface area contributed by atoms with E-state index in [4.69, 9.17) is 4.74 Å². The van der Waals surface area contributed by atoms with Gasteiger partial charge in [0.25, 0.3) is 0 Å². The smallest absolute Gasteiger partial charge is 0.242 e. The lowest BCUT2D eigenvalue weighted by molar-refractivity contribution is -0.140. The molecule has 0 unspecified atom stereocenters. The van der Waals surface area contributed by atoms with Gasteiger partial charge in [0.2, 0.25) is 11.8 Å². The number of methoxy groups -OCH3 is 1. The largest absolute Gasteiger partial charge is 0.497 e. The number of nitrogens with one attached hydrogen (secondary N) is 1. The van der Waals surface area contributed by atoms with E-state index in [0.717, 1.165) is 22.4 Å². The van der Waals surface area contributed by atoms with E-state index in [1.165, 1.54) is 0 Å². The molecule has 0 bridgehead atoms. The molecule has 27 heavy (non-hydrogen) atoms. The summed E-state index contributed by atoms with van der Waals surface area (Å²) >= 11 is 0. The molecule has 2 aromatic carbocycles. The van der Waals surface area contributed by atoms with Crippen LogP contribution in [0.5, 0.6) is 5.75 Å². The first kappa shape index (κ1) is 20.5. The van der Waals surface area contributed by atoms with Gasteiger partial charge in [-0.3, -0.25) is 9.59 Å². The molecule has 2 amide bonds. The van der Waals surface area contributed by atoms with Gasteiger partial charge in [0.05, 0.1) is 13.5 Å². The lowest BCUT2D eigenvalue weighted by Gasteiger charge is -2.30. The van der Waals surface area contributed by atoms with Crippen LogP contribution in [0.1, 0.15) is 30.0 Å². The van der Waals surface area contributed by atoms with Crippen molar-refractivity contribution in [2.45, 2.75) is 39.3 Å². The lowest BCUT2D eigenvalue weighted by Crippen LogP contribution is -2.48. The molecule has 0 aliphatic heterocycles. The maximum Gasteiger partial charge on any atom is 0.242 e. The third-order valence-electron chi connectivity index (χ3n) is 4.56. The number of hydrogen-bond donors (Lipinski definition) is 1. The van der Waals surface area contributed by atoms with E-state index in [1.54, 1.807) is 19.1 Å². The van der Waals surface area contributed by atoms with E-state index in [0.29, 0.717) is 13.0 Å². The maximum absolute atomic E-state index is 13.1. The summed E-state index contributed by atoms with van der Waals surface area (Å²) in [5.41, 5.74) is 2.98. The van der Waals surface area contributed by atoms with Crippen LogP contribution in [0.25, 0.3) is 0 Å². The number of likely N-dealkylation sites (N-methyl/N-ethyl adjacent to an activating group) is 1. The van der Waals surface area contributed by atoms with Crippen molar-refractivity contribution < 1.29 is 14.3 Å². The number of carbonyl (C=O) groups excluding carboxylic acids is 2. The Balaban J connectivity index is 2.29. The molecular weight excluding hydrogens is 340 g/mol. The van der Waals surface area contributed by atoms with Gasteiger partial charge in [-0.1, -0.05) is 48.9 Å². The van der Waals surface area contributed by atoms with Crippen molar-refractivity contribution in [1.29, 1.82) is 0 Å². The van der Waals surface area contributed by atoms with E-state index in [-0.39, 0.29) is 18.2 Å². The average Bonchev–Trinajstić information content (AvgIpc) is 2.67. The van der Waals surface area contributed by atoms with Crippen molar-refractivity contribution in [3.8, 4) is 5.75 Å². The van der Waals surface area contributed by atoms with Crippen molar-refractivity contribution in [3.05, 3.63) is 65.2 Å². The minimum Gasteiger partial charge on any atom is -0.497 e. The van der Waals surface area contributed by atoms with Gasteiger partial charge in [0.15, 0.2) is 0 Å². The van der Waals surface area contributed by atoms with Crippen molar-refractivity contribution in [1.82, 2.24) is 10.2 Å². The van der Waals surface area contributed by atoms with Gasteiger partial charge in [-0.25, -0.2) is 0 Å². The van der Waals surface area contributed by atoms with Crippen molar-refractivity contribution in [2.24, 2.45) is 0 Å². The lowest BCUT2D eigenvalue weighted by atomic mass is 10.1. The molecule has 5 nitrogen and oxygen atoms in total. The highest BCUT2D eigenvalue weighted by Crippen LogP contribution is 2.18. The highest BCUT2D eigenvalue weighted by Gasteiger charge is 2.28. The Morgan fingerprint density at radius 1 is 1.11 bits per heavy atom. The summed E-state index contributed by atoms with van der Waals surface area (Å²) in [6.07, 6.45) is 0.808. The minimum atomic E-state index is -0.515. The number of aryl methyl sites for hydroxylation is 1. The molecule has 0 saturated carbocycles. The number of ether oxygens (including phenoxy) is 1. The first-order valence-electron chi connectivity index (χ1n) is 9.18. The molecule has 0 heterocycles.